The average Bonchev–Trinajstić information content (AvgIpc) is 2.49. The van der Waals surface area contributed by atoms with Crippen molar-refractivity contribution >= 4 is 17.6 Å². The highest BCUT2D eigenvalue weighted by Crippen LogP contribution is 2.13. The Morgan fingerprint density at radius 2 is 1.81 bits per heavy atom. The summed E-state index contributed by atoms with van der Waals surface area (Å²) in [5.41, 5.74) is 2.17. The van der Waals surface area contributed by atoms with E-state index in [0.29, 0.717) is 0 Å². The number of nitrogens with one attached hydrogen (secondary N) is 3. The van der Waals surface area contributed by atoms with Crippen LogP contribution in [0.15, 0.2) is 24.3 Å². The molecule has 21 heavy (non-hydrogen) atoms. The molecule has 0 bridgehead atoms. The van der Waals surface area contributed by atoms with Crippen LogP contribution in [0.3, 0.4) is 0 Å². The van der Waals surface area contributed by atoms with Gasteiger partial charge >= 0.3 is 6.03 Å². The minimum atomic E-state index is -0.500. The number of carbonyl (C=O) groups excluding carboxylic acids is 2. The summed E-state index contributed by atoms with van der Waals surface area (Å²) in [4.78, 5) is 22.8. The van der Waals surface area contributed by atoms with E-state index in [1.807, 2.05) is 12.1 Å². The summed E-state index contributed by atoms with van der Waals surface area (Å²) in [6.45, 7) is 3.91. The number of carbonyl (C=O) groups is 2. The second-order valence-corrected chi connectivity index (χ2v) is 5.09. The molecule has 5 nitrogen and oxygen atoms in total. The monoisotopic (exact) mass is 291 g/mol. The summed E-state index contributed by atoms with van der Waals surface area (Å²) in [6.07, 6.45) is 4.75. The summed E-state index contributed by atoms with van der Waals surface area (Å²) < 4.78 is 0. The summed E-state index contributed by atoms with van der Waals surface area (Å²) in [5.74, 6) is -0.360. The van der Waals surface area contributed by atoms with E-state index in [9.17, 15) is 9.59 Å². The van der Waals surface area contributed by atoms with Crippen molar-refractivity contribution in [3.63, 3.8) is 0 Å². The fourth-order valence-electron chi connectivity index (χ4n) is 1.94. The molecule has 3 amide bonds. The number of benzene rings is 1. The van der Waals surface area contributed by atoms with E-state index in [1.54, 1.807) is 6.92 Å². The first kappa shape index (κ1) is 17.0. The minimum absolute atomic E-state index is 0.360. The molecule has 0 aliphatic rings. The summed E-state index contributed by atoms with van der Waals surface area (Å²) in [7, 11) is 1.47. The van der Waals surface area contributed by atoms with Crippen molar-refractivity contribution in [1.82, 2.24) is 10.6 Å². The predicted octanol–water partition coefficient (Wildman–Crippen LogP) is 2.68. The quantitative estimate of drug-likeness (QED) is 0.676. The van der Waals surface area contributed by atoms with Crippen molar-refractivity contribution in [1.29, 1.82) is 0 Å². The third kappa shape index (κ3) is 6.29. The third-order valence-electron chi connectivity index (χ3n) is 3.26. The number of imide groups is 1. The van der Waals surface area contributed by atoms with Crippen LogP contribution in [-0.4, -0.2) is 25.0 Å². The molecule has 1 atom stereocenters. The number of hydrogen-bond acceptors (Lipinski definition) is 3. The lowest BCUT2D eigenvalue weighted by Gasteiger charge is -2.14. The predicted molar refractivity (Wildman–Crippen MR) is 85.4 cm³/mol. The number of unbranched alkanes of at least 4 members (excludes halogenated alkanes) is 2. The summed E-state index contributed by atoms with van der Waals surface area (Å²) >= 11 is 0. The van der Waals surface area contributed by atoms with Gasteiger partial charge in [-0.2, -0.15) is 0 Å². The second kappa shape index (κ2) is 9.00. The van der Waals surface area contributed by atoms with Gasteiger partial charge < -0.3 is 10.6 Å². The van der Waals surface area contributed by atoms with Crippen molar-refractivity contribution < 1.29 is 9.59 Å². The highest BCUT2D eigenvalue weighted by Gasteiger charge is 2.14. The van der Waals surface area contributed by atoms with Crippen molar-refractivity contribution in [2.24, 2.45) is 0 Å². The van der Waals surface area contributed by atoms with E-state index in [2.05, 4.69) is 35.0 Å². The van der Waals surface area contributed by atoms with Crippen LogP contribution in [0, 0.1) is 0 Å². The number of aryl methyl sites for hydroxylation is 1. The zero-order chi connectivity index (χ0) is 15.7. The number of hydrogen-bond donors (Lipinski definition) is 3. The molecule has 5 heteroatoms. The maximum atomic E-state index is 11.7. The van der Waals surface area contributed by atoms with Gasteiger partial charge in [0.25, 0.3) is 0 Å². The Balaban J connectivity index is 2.47. The van der Waals surface area contributed by atoms with Crippen molar-refractivity contribution in [3.05, 3.63) is 29.8 Å². The van der Waals surface area contributed by atoms with Gasteiger partial charge in [0.15, 0.2) is 0 Å². The van der Waals surface area contributed by atoms with Crippen LogP contribution in [0.25, 0.3) is 0 Å². The topological polar surface area (TPSA) is 70.2 Å². The Labute approximate surface area is 126 Å². The van der Waals surface area contributed by atoms with Crippen LogP contribution in [0.5, 0.6) is 0 Å². The van der Waals surface area contributed by atoms with Crippen molar-refractivity contribution in [2.75, 3.05) is 12.4 Å². The lowest BCUT2D eigenvalue weighted by atomic mass is 10.1. The highest BCUT2D eigenvalue weighted by atomic mass is 16.2. The van der Waals surface area contributed by atoms with E-state index < -0.39 is 12.1 Å². The van der Waals surface area contributed by atoms with E-state index in [-0.39, 0.29) is 5.91 Å². The Morgan fingerprint density at radius 1 is 1.14 bits per heavy atom. The SMILES string of the molecule is CCCCCc1ccc(N[C@H](C)C(=O)NC(=O)NC)cc1. The standard InChI is InChI=1S/C16H25N3O2/c1-4-5-6-7-13-8-10-14(11-9-13)18-12(2)15(20)19-16(21)17-3/h8-12,18H,4-7H2,1-3H3,(H2,17,19,20,21)/t12-/m1/s1. The first-order chi connectivity index (χ1) is 10.1. The van der Waals surface area contributed by atoms with Crippen molar-refractivity contribution in [2.45, 2.75) is 45.6 Å². The first-order valence-electron chi connectivity index (χ1n) is 7.44. The molecule has 0 saturated carbocycles. The molecular weight excluding hydrogens is 266 g/mol. The van der Waals surface area contributed by atoms with Crippen LogP contribution < -0.4 is 16.0 Å². The maximum absolute atomic E-state index is 11.7. The van der Waals surface area contributed by atoms with Gasteiger partial charge in [-0.05, 0) is 37.5 Å². The zero-order valence-electron chi connectivity index (χ0n) is 13.0. The number of anilines is 1. The molecule has 3 N–H and O–H groups in total. The molecule has 0 aliphatic heterocycles. The molecule has 0 saturated heterocycles. The largest absolute Gasteiger partial charge is 0.374 e. The van der Waals surface area contributed by atoms with E-state index >= 15 is 0 Å². The molecule has 0 spiro atoms. The molecule has 0 unspecified atom stereocenters. The number of urea groups is 1. The Bertz CT molecular complexity index is 457. The van der Waals surface area contributed by atoms with E-state index in [4.69, 9.17) is 0 Å². The minimum Gasteiger partial charge on any atom is -0.374 e. The number of amides is 3. The highest BCUT2D eigenvalue weighted by molar-refractivity contribution is 5.97. The van der Waals surface area contributed by atoms with Gasteiger partial charge in [0.05, 0.1) is 0 Å². The smallest absolute Gasteiger partial charge is 0.321 e. The van der Waals surface area contributed by atoms with Gasteiger partial charge in [-0.25, -0.2) is 4.79 Å². The summed E-state index contributed by atoms with van der Waals surface area (Å²) in [5, 5.41) is 7.67. The normalized spacial score (nSPS) is 11.6. The molecule has 1 aromatic rings. The molecule has 0 fully saturated rings. The van der Waals surface area contributed by atoms with Gasteiger partial charge in [-0.15, -0.1) is 0 Å². The molecule has 0 radical (unpaired) electrons. The fourth-order valence-corrected chi connectivity index (χ4v) is 1.94. The van der Waals surface area contributed by atoms with Gasteiger partial charge in [-0.3, -0.25) is 10.1 Å². The lowest BCUT2D eigenvalue weighted by Crippen LogP contribution is -2.44. The molecule has 0 aromatic heterocycles. The van der Waals surface area contributed by atoms with Crippen LogP contribution in [0.1, 0.15) is 38.7 Å². The third-order valence-corrected chi connectivity index (χ3v) is 3.26. The molecule has 0 aliphatic carbocycles. The van der Waals surface area contributed by atoms with Crippen molar-refractivity contribution in [3.8, 4) is 0 Å². The van der Waals surface area contributed by atoms with Gasteiger partial charge in [0.2, 0.25) is 5.91 Å². The van der Waals surface area contributed by atoms with Gasteiger partial charge in [0.1, 0.15) is 6.04 Å². The van der Waals surface area contributed by atoms with Gasteiger partial charge in [-0.1, -0.05) is 31.9 Å². The molecule has 116 valence electrons. The van der Waals surface area contributed by atoms with Crippen LogP contribution in [-0.2, 0) is 11.2 Å². The maximum Gasteiger partial charge on any atom is 0.321 e. The molecular formula is C16H25N3O2. The van der Waals surface area contributed by atoms with E-state index in [0.717, 1.165) is 12.1 Å². The van der Waals surface area contributed by atoms with E-state index in [1.165, 1.54) is 31.9 Å². The zero-order valence-corrected chi connectivity index (χ0v) is 13.0. The fraction of sp³-hybridized carbons (Fsp3) is 0.500. The Morgan fingerprint density at radius 3 is 2.38 bits per heavy atom. The Kier molecular flexibility index (Phi) is 7.29. The van der Waals surface area contributed by atoms with Crippen LogP contribution in [0.4, 0.5) is 10.5 Å². The first-order valence-corrected chi connectivity index (χ1v) is 7.44. The molecule has 1 rings (SSSR count). The van der Waals surface area contributed by atoms with Crippen LogP contribution >= 0.6 is 0 Å². The van der Waals surface area contributed by atoms with Crippen LogP contribution in [0.2, 0.25) is 0 Å². The molecule has 1 aromatic carbocycles. The summed E-state index contributed by atoms with van der Waals surface area (Å²) in [6, 6.07) is 7.09. The molecule has 0 heterocycles. The average molecular weight is 291 g/mol. The second-order valence-electron chi connectivity index (χ2n) is 5.09. The van der Waals surface area contributed by atoms with Gasteiger partial charge in [0, 0.05) is 12.7 Å². The Hall–Kier alpha value is -2.04. The lowest BCUT2D eigenvalue weighted by molar-refractivity contribution is -0.120. The number of rotatable bonds is 7.